The van der Waals surface area contributed by atoms with Gasteiger partial charge < -0.3 is 74.2 Å². The zero-order valence-corrected chi connectivity index (χ0v) is 42.5. The molecule has 0 saturated carbocycles. The van der Waals surface area contributed by atoms with Crippen molar-refractivity contribution < 1.29 is 68.3 Å². The average molecular weight is 955 g/mol. The smallest absolute Gasteiger partial charge is 0.319 e. The lowest BCUT2D eigenvalue weighted by atomic mass is 9.77. The van der Waals surface area contributed by atoms with Crippen LogP contribution in [0, 0.1) is 17.8 Å². The van der Waals surface area contributed by atoms with Crippen LogP contribution in [0.5, 0.6) is 5.75 Å². The molecule has 7 N–H and O–H groups in total. The summed E-state index contributed by atoms with van der Waals surface area (Å²) in [5.74, 6) is -2.08. The number of aliphatic hydroxyl groups excluding tert-OH is 3. The average Bonchev–Trinajstić information content (AvgIpc) is 3.73. The van der Waals surface area contributed by atoms with Crippen LogP contribution in [0.1, 0.15) is 107 Å². The number of cyclic esters (lactones) is 1. The van der Waals surface area contributed by atoms with Gasteiger partial charge in [-0.05, 0) is 118 Å². The first-order valence-electron chi connectivity index (χ1n) is 24.4. The van der Waals surface area contributed by atoms with E-state index in [1.54, 1.807) is 54.5 Å². The van der Waals surface area contributed by atoms with Crippen LogP contribution in [0.15, 0.2) is 18.2 Å². The van der Waals surface area contributed by atoms with Gasteiger partial charge in [-0.2, -0.15) is 0 Å². The molecule has 18 heteroatoms. The van der Waals surface area contributed by atoms with Crippen molar-refractivity contribution in [1.82, 2.24) is 15.1 Å². The van der Waals surface area contributed by atoms with Crippen molar-refractivity contribution in [2.75, 3.05) is 59.4 Å². The summed E-state index contributed by atoms with van der Waals surface area (Å²) in [4.78, 5) is 31.4. The molecular weight excluding hydrogens is 869 g/mol. The molecule has 18 nitrogen and oxygen atoms in total. The number of methoxy groups -OCH3 is 1. The molecule has 386 valence electrons. The minimum atomic E-state index is -1.92. The van der Waals surface area contributed by atoms with Gasteiger partial charge in [-0.1, -0.05) is 20.8 Å². The Hall–Kier alpha value is -2.72. The first kappa shape index (κ1) is 56.9. The van der Waals surface area contributed by atoms with E-state index in [-0.39, 0.29) is 50.0 Å². The third-order valence-corrected chi connectivity index (χ3v) is 14.0. The predicted octanol–water partition coefficient (Wildman–Crippen LogP) is 3.67. The van der Waals surface area contributed by atoms with Gasteiger partial charge in [0, 0.05) is 63.3 Å². The number of nitrogens with one attached hydrogen (secondary N) is 2. The van der Waals surface area contributed by atoms with E-state index in [9.17, 15) is 35.1 Å². The number of hydrogen-bond donors (Lipinski definition) is 7. The highest BCUT2D eigenvalue weighted by molar-refractivity contribution is 5.89. The van der Waals surface area contributed by atoms with E-state index >= 15 is 0 Å². The highest BCUT2D eigenvalue weighted by Crippen LogP contribution is 2.38. The molecule has 3 heterocycles. The monoisotopic (exact) mass is 955 g/mol. The largest absolute Gasteiger partial charge is 0.493 e. The first-order chi connectivity index (χ1) is 31.4. The van der Waals surface area contributed by atoms with Crippen molar-refractivity contribution in [3.05, 3.63) is 23.8 Å². The number of hydrogen-bond acceptors (Lipinski definition) is 16. The Morgan fingerprint density at radius 2 is 1.79 bits per heavy atom. The third kappa shape index (κ3) is 15.4. The fraction of sp³-hybridized carbons (Fsp3) is 0.837. The number of amides is 2. The van der Waals surface area contributed by atoms with Crippen LogP contribution in [-0.4, -0.2) is 186 Å². The molecule has 3 aliphatic heterocycles. The summed E-state index contributed by atoms with van der Waals surface area (Å²) in [5.41, 5.74) is -1.89. The van der Waals surface area contributed by atoms with Gasteiger partial charge in [0.2, 0.25) is 0 Å². The number of carbonyl (C=O) groups is 2. The molecule has 1 aromatic rings. The zero-order valence-electron chi connectivity index (χ0n) is 42.5. The van der Waals surface area contributed by atoms with Gasteiger partial charge in [0.1, 0.15) is 29.7 Å². The molecule has 0 aliphatic carbocycles. The summed E-state index contributed by atoms with van der Waals surface area (Å²) in [6, 6.07) is 4.17. The fourth-order valence-corrected chi connectivity index (χ4v) is 9.96. The summed E-state index contributed by atoms with van der Waals surface area (Å²) < 4.78 is 43.2. The summed E-state index contributed by atoms with van der Waals surface area (Å²) in [6.07, 6.45) is -7.54. The van der Waals surface area contributed by atoms with E-state index in [0.29, 0.717) is 44.8 Å². The Morgan fingerprint density at radius 1 is 1.09 bits per heavy atom. The summed E-state index contributed by atoms with van der Waals surface area (Å²) in [5, 5.41) is 65.1. The lowest BCUT2D eigenvalue weighted by molar-refractivity contribution is -0.306. The van der Waals surface area contributed by atoms with Gasteiger partial charge in [-0.3, -0.25) is 9.69 Å². The topological polar surface area (TPSA) is 230 Å². The van der Waals surface area contributed by atoms with Crippen molar-refractivity contribution in [2.45, 2.75) is 192 Å². The molecule has 0 spiro atoms. The second kappa shape index (κ2) is 25.4. The van der Waals surface area contributed by atoms with E-state index in [2.05, 4.69) is 10.6 Å². The number of rotatable bonds is 17. The Bertz CT molecular complexity index is 1690. The molecule has 67 heavy (non-hydrogen) atoms. The van der Waals surface area contributed by atoms with Crippen LogP contribution in [0.4, 0.5) is 10.5 Å². The van der Waals surface area contributed by atoms with Gasteiger partial charge in [-0.25, -0.2) is 4.79 Å². The van der Waals surface area contributed by atoms with E-state index in [1.165, 1.54) is 14.0 Å². The number of aliphatic hydroxyl groups is 5. The highest BCUT2D eigenvalue weighted by Gasteiger charge is 2.51. The molecule has 17 atom stereocenters. The number of likely N-dealkylation sites (N-methyl/N-ethyl adjacent to an activating group) is 1. The van der Waals surface area contributed by atoms with Gasteiger partial charge >= 0.3 is 12.0 Å². The second-order valence-corrected chi connectivity index (χ2v) is 20.2. The number of benzene rings is 1. The number of urea groups is 1. The molecule has 2 fully saturated rings. The summed E-state index contributed by atoms with van der Waals surface area (Å²) in [6.45, 7) is 19.2. The van der Waals surface area contributed by atoms with E-state index in [1.807, 2.05) is 49.9 Å². The van der Waals surface area contributed by atoms with Crippen molar-refractivity contribution in [3.8, 4) is 5.75 Å². The van der Waals surface area contributed by atoms with Crippen molar-refractivity contribution in [2.24, 2.45) is 17.8 Å². The van der Waals surface area contributed by atoms with Crippen LogP contribution in [0.2, 0.25) is 0 Å². The predicted molar refractivity (Wildman–Crippen MR) is 253 cm³/mol. The number of esters is 1. The van der Waals surface area contributed by atoms with Gasteiger partial charge in [0.25, 0.3) is 0 Å². The normalized spacial score (nSPS) is 36.2. The van der Waals surface area contributed by atoms with Crippen molar-refractivity contribution in [3.63, 3.8) is 0 Å². The Morgan fingerprint density at radius 3 is 2.43 bits per heavy atom. The van der Waals surface area contributed by atoms with Crippen LogP contribution < -0.4 is 15.4 Å². The van der Waals surface area contributed by atoms with Crippen LogP contribution in [-0.2, 0) is 39.6 Å². The highest BCUT2D eigenvalue weighted by atomic mass is 16.7. The zero-order chi connectivity index (χ0) is 50.0. The Balaban J connectivity index is 1.71. The standard InChI is InChI=1S/C49H86N4O14/c1-14-39-49(10,60)43(56)32(6)53(21-15-20-50-47(58)51-36-16-17-38-35(25-36)18-23-62-38)27-28(2)26-48(9,59)44(67-46-41(55)37(52(11)12)24-29(3)63-46)30(4)42(31(5)45(57)65-39)66-40(19-22-61-13)64-34(8)33(7)54/h16-17,25,28-34,37,39-44,46,54-56,59-60H,14-15,18-24,26-27H2,1-13H3,(H2,50,51,58)/t28-,29-,30+,31-,32-,33-,34+,37+,39-,40+,41-,42+,43-,44-,46+,48-,49-/m1/s1. The molecule has 0 radical (unpaired) electrons. The van der Waals surface area contributed by atoms with Crippen LogP contribution in [0.25, 0.3) is 0 Å². The molecule has 0 aromatic heterocycles. The third-order valence-electron chi connectivity index (χ3n) is 14.0. The lowest BCUT2D eigenvalue weighted by Crippen LogP contribution is -2.59. The summed E-state index contributed by atoms with van der Waals surface area (Å²) in [7, 11) is 5.29. The number of ether oxygens (including phenoxy) is 7. The van der Waals surface area contributed by atoms with Gasteiger partial charge in [0.05, 0.1) is 55.3 Å². The summed E-state index contributed by atoms with van der Waals surface area (Å²) >= 11 is 0. The molecule has 1 aromatic carbocycles. The van der Waals surface area contributed by atoms with Gasteiger partial charge in [-0.15, -0.1) is 0 Å². The molecule has 3 aliphatic rings. The fourth-order valence-electron chi connectivity index (χ4n) is 9.96. The van der Waals surface area contributed by atoms with Crippen molar-refractivity contribution >= 4 is 17.7 Å². The molecular formula is C49H86N4O14. The Labute approximate surface area is 399 Å². The SMILES string of the molecule is CC[C@H]1OC(=O)[C@H](C)[C@@H](O[C@@H](CCOC)O[C@@H](C)[C@@H](C)O)[C@H](C)[C@@H](O[C@@H]2O[C@H](C)C[C@H](N(C)C)[C@H]2O)[C@](C)(O)C[C@@H](C)CN(CCCNC(=O)Nc2ccc3c(c2)CCO3)[C@H](C)[C@@H](O)[C@]1(C)O. The van der Waals surface area contributed by atoms with E-state index in [0.717, 1.165) is 17.7 Å². The minimum absolute atomic E-state index is 0.144. The number of anilines is 1. The van der Waals surface area contributed by atoms with Crippen molar-refractivity contribution in [1.29, 1.82) is 0 Å². The van der Waals surface area contributed by atoms with Gasteiger partial charge in [0.15, 0.2) is 12.6 Å². The quantitative estimate of drug-likeness (QED) is 0.0671. The minimum Gasteiger partial charge on any atom is -0.493 e. The molecule has 2 amide bonds. The van der Waals surface area contributed by atoms with E-state index in [4.69, 9.17) is 33.2 Å². The van der Waals surface area contributed by atoms with Crippen LogP contribution >= 0.6 is 0 Å². The van der Waals surface area contributed by atoms with E-state index < -0.39 is 90.4 Å². The maximum atomic E-state index is 14.5. The number of carbonyl (C=O) groups excluding carboxylic acids is 2. The number of fused-ring (bicyclic) bond motifs is 1. The molecule has 0 unspecified atom stereocenters. The first-order valence-corrected chi connectivity index (χ1v) is 24.4. The molecule has 4 rings (SSSR count). The molecule has 2 saturated heterocycles. The second-order valence-electron chi connectivity index (χ2n) is 20.2. The molecule has 0 bridgehead atoms. The maximum Gasteiger partial charge on any atom is 0.319 e. The number of nitrogens with zero attached hydrogens (tertiary/aromatic N) is 2. The Kier molecular flexibility index (Phi) is 21.6. The lowest BCUT2D eigenvalue weighted by Gasteiger charge is -2.47. The van der Waals surface area contributed by atoms with Crippen LogP contribution in [0.3, 0.4) is 0 Å². The maximum absolute atomic E-state index is 14.5.